The van der Waals surface area contributed by atoms with Crippen LogP contribution in [0.4, 0.5) is 0 Å². The number of aryl methyl sites for hydroxylation is 3. The van der Waals surface area contributed by atoms with Gasteiger partial charge in [0.25, 0.3) is 11.1 Å². The zero-order chi connectivity index (χ0) is 16.2. The normalized spacial score (nSPS) is 10.9. The molecule has 120 valence electrons. The van der Waals surface area contributed by atoms with E-state index >= 15 is 0 Å². The first-order chi connectivity index (χ1) is 11.1. The van der Waals surface area contributed by atoms with Crippen LogP contribution in [0.25, 0.3) is 10.8 Å². The summed E-state index contributed by atoms with van der Waals surface area (Å²) in [6.07, 6.45) is 0. The average molecular weight is 347 g/mol. The van der Waals surface area contributed by atoms with Crippen LogP contribution in [-0.4, -0.2) is 27.5 Å². The Labute approximate surface area is 143 Å². The molecule has 0 spiro atoms. The van der Waals surface area contributed by atoms with Gasteiger partial charge in [-0.3, -0.25) is 0 Å². The summed E-state index contributed by atoms with van der Waals surface area (Å²) < 4.78 is 11.4. The van der Waals surface area contributed by atoms with E-state index in [2.05, 4.69) is 15.2 Å². The molecule has 0 aliphatic rings. The van der Waals surface area contributed by atoms with E-state index in [1.807, 2.05) is 45.0 Å². The minimum atomic E-state index is 0.537. The topological polar surface area (TPSA) is 61.0 Å². The predicted octanol–water partition coefficient (Wildman–Crippen LogP) is 4.29. The van der Waals surface area contributed by atoms with Gasteiger partial charge in [-0.2, -0.15) is 0 Å². The Morgan fingerprint density at radius 3 is 2.83 bits per heavy atom. The lowest BCUT2D eigenvalue weighted by molar-refractivity contribution is 0.343. The summed E-state index contributed by atoms with van der Waals surface area (Å²) >= 11 is 3.06. The Morgan fingerprint density at radius 2 is 2.09 bits per heavy atom. The van der Waals surface area contributed by atoms with Gasteiger partial charge in [0.15, 0.2) is 0 Å². The molecule has 3 aromatic rings. The van der Waals surface area contributed by atoms with E-state index < -0.39 is 0 Å². The van der Waals surface area contributed by atoms with Crippen molar-refractivity contribution in [1.82, 2.24) is 15.2 Å². The first-order valence-corrected chi connectivity index (χ1v) is 9.02. The highest BCUT2D eigenvalue weighted by Crippen LogP contribution is 2.30. The monoisotopic (exact) mass is 347 g/mol. The second-order valence-electron chi connectivity index (χ2n) is 5.03. The average Bonchev–Trinajstić information content (AvgIpc) is 3.10. The quantitative estimate of drug-likeness (QED) is 0.490. The minimum absolute atomic E-state index is 0.537. The number of ether oxygens (including phenoxy) is 1. The number of thioether (sulfide) groups is 1. The maximum Gasteiger partial charge on any atom is 0.277 e. The third kappa shape index (κ3) is 4.11. The maximum absolute atomic E-state index is 5.70. The van der Waals surface area contributed by atoms with Gasteiger partial charge in [0.2, 0.25) is 0 Å². The van der Waals surface area contributed by atoms with Gasteiger partial charge in [-0.05, 0) is 38.5 Å². The second-order valence-corrected chi connectivity index (χ2v) is 7.28. The zero-order valence-corrected chi connectivity index (χ0v) is 14.8. The van der Waals surface area contributed by atoms with Crippen molar-refractivity contribution in [2.75, 3.05) is 12.4 Å². The number of thiazole rings is 1. The fourth-order valence-electron chi connectivity index (χ4n) is 2.08. The van der Waals surface area contributed by atoms with Crippen LogP contribution < -0.4 is 4.74 Å². The molecule has 0 bridgehead atoms. The standard InChI is InChI=1S/C16H17N3O2S2/c1-10-5-4-6-13(9-10)20-7-8-22-16-19-18-15(21-16)14-11(2)17-12(3)23-14/h4-6,9H,7-8H2,1-3H3. The van der Waals surface area contributed by atoms with E-state index in [9.17, 15) is 0 Å². The van der Waals surface area contributed by atoms with E-state index in [1.165, 1.54) is 17.3 Å². The van der Waals surface area contributed by atoms with Crippen molar-refractivity contribution in [3.63, 3.8) is 0 Å². The summed E-state index contributed by atoms with van der Waals surface area (Å²) in [7, 11) is 0. The molecule has 7 heteroatoms. The summed E-state index contributed by atoms with van der Waals surface area (Å²) in [6, 6.07) is 8.01. The molecule has 0 fully saturated rings. The molecule has 0 radical (unpaired) electrons. The van der Waals surface area contributed by atoms with Crippen LogP contribution in [0.5, 0.6) is 5.75 Å². The van der Waals surface area contributed by atoms with Gasteiger partial charge >= 0.3 is 0 Å². The maximum atomic E-state index is 5.70. The van der Waals surface area contributed by atoms with Crippen molar-refractivity contribution in [3.8, 4) is 16.5 Å². The second kappa shape index (κ2) is 7.14. The molecule has 0 aliphatic carbocycles. The Bertz CT molecular complexity index is 798. The summed E-state index contributed by atoms with van der Waals surface area (Å²) in [5.74, 6) is 2.17. The van der Waals surface area contributed by atoms with Crippen molar-refractivity contribution < 1.29 is 9.15 Å². The fraction of sp³-hybridized carbons (Fsp3) is 0.312. The molecular formula is C16H17N3O2S2. The summed E-state index contributed by atoms with van der Waals surface area (Å²) in [5, 5.41) is 9.72. The number of aromatic nitrogens is 3. The van der Waals surface area contributed by atoms with Crippen LogP contribution in [0.2, 0.25) is 0 Å². The zero-order valence-electron chi connectivity index (χ0n) is 13.2. The van der Waals surface area contributed by atoms with Gasteiger partial charge in [0.1, 0.15) is 10.6 Å². The molecule has 2 heterocycles. The molecule has 23 heavy (non-hydrogen) atoms. The molecule has 0 amide bonds. The molecule has 0 aliphatic heterocycles. The summed E-state index contributed by atoms with van der Waals surface area (Å²) in [6.45, 7) is 6.55. The SMILES string of the molecule is Cc1cccc(OCCSc2nnc(-c3sc(C)nc3C)o2)c1. The van der Waals surface area contributed by atoms with Gasteiger partial charge in [-0.15, -0.1) is 21.5 Å². The molecule has 3 rings (SSSR count). The molecule has 1 aromatic carbocycles. The molecule has 0 N–H and O–H groups in total. The van der Waals surface area contributed by atoms with Crippen LogP contribution in [0.1, 0.15) is 16.3 Å². The Hall–Kier alpha value is -1.86. The highest BCUT2D eigenvalue weighted by molar-refractivity contribution is 7.99. The van der Waals surface area contributed by atoms with Gasteiger partial charge < -0.3 is 9.15 Å². The van der Waals surface area contributed by atoms with Crippen LogP contribution in [0.3, 0.4) is 0 Å². The Morgan fingerprint density at radius 1 is 1.22 bits per heavy atom. The summed E-state index contributed by atoms with van der Waals surface area (Å²) in [4.78, 5) is 5.32. The third-order valence-electron chi connectivity index (χ3n) is 3.07. The van der Waals surface area contributed by atoms with E-state index in [-0.39, 0.29) is 0 Å². The highest BCUT2D eigenvalue weighted by Gasteiger charge is 2.15. The van der Waals surface area contributed by atoms with Gasteiger partial charge in [-0.25, -0.2) is 4.98 Å². The molecule has 0 saturated carbocycles. The largest absolute Gasteiger partial charge is 0.493 e. The highest BCUT2D eigenvalue weighted by atomic mass is 32.2. The number of hydrogen-bond donors (Lipinski definition) is 0. The van der Waals surface area contributed by atoms with E-state index in [0.29, 0.717) is 17.7 Å². The van der Waals surface area contributed by atoms with Crippen LogP contribution >= 0.6 is 23.1 Å². The van der Waals surface area contributed by atoms with Crippen LogP contribution in [0.15, 0.2) is 33.9 Å². The lowest BCUT2D eigenvalue weighted by atomic mass is 10.2. The summed E-state index contributed by atoms with van der Waals surface area (Å²) in [5.41, 5.74) is 2.11. The van der Waals surface area contributed by atoms with Gasteiger partial charge in [0.05, 0.1) is 17.3 Å². The van der Waals surface area contributed by atoms with Crippen molar-refractivity contribution in [1.29, 1.82) is 0 Å². The lowest BCUT2D eigenvalue weighted by Crippen LogP contribution is -2.00. The lowest BCUT2D eigenvalue weighted by Gasteiger charge is -2.05. The van der Waals surface area contributed by atoms with Gasteiger partial charge in [-0.1, -0.05) is 23.9 Å². The minimum Gasteiger partial charge on any atom is -0.493 e. The number of benzene rings is 1. The molecule has 0 saturated heterocycles. The van der Waals surface area contributed by atoms with Crippen LogP contribution in [-0.2, 0) is 0 Å². The van der Waals surface area contributed by atoms with Crippen molar-refractivity contribution in [3.05, 3.63) is 40.5 Å². The first-order valence-electron chi connectivity index (χ1n) is 7.22. The van der Waals surface area contributed by atoms with Gasteiger partial charge in [0, 0.05) is 5.75 Å². The Kier molecular flexibility index (Phi) is 4.97. The number of nitrogens with zero attached hydrogens (tertiary/aromatic N) is 3. The Balaban J connectivity index is 1.52. The van der Waals surface area contributed by atoms with E-state index in [0.717, 1.165) is 27.1 Å². The van der Waals surface area contributed by atoms with Crippen molar-refractivity contribution in [2.45, 2.75) is 26.0 Å². The van der Waals surface area contributed by atoms with E-state index in [4.69, 9.17) is 9.15 Å². The van der Waals surface area contributed by atoms with E-state index in [1.54, 1.807) is 11.3 Å². The first kappa shape index (κ1) is 16.0. The predicted molar refractivity (Wildman–Crippen MR) is 92.3 cm³/mol. The molecule has 0 unspecified atom stereocenters. The van der Waals surface area contributed by atoms with Crippen molar-refractivity contribution in [2.24, 2.45) is 0 Å². The molecule has 2 aromatic heterocycles. The molecular weight excluding hydrogens is 330 g/mol. The smallest absolute Gasteiger partial charge is 0.277 e. The number of hydrogen-bond acceptors (Lipinski definition) is 7. The van der Waals surface area contributed by atoms with Crippen molar-refractivity contribution >= 4 is 23.1 Å². The van der Waals surface area contributed by atoms with Crippen LogP contribution in [0, 0.1) is 20.8 Å². The third-order valence-corrected chi connectivity index (χ3v) is 4.91. The number of rotatable bonds is 6. The molecule has 0 atom stereocenters. The molecule has 5 nitrogen and oxygen atoms in total. The fourth-order valence-corrected chi connectivity index (χ4v) is 3.50.